The summed E-state index contributed by atoms with van der Waals surface area (Å²) in [6.45, 7) is 3.75. The number of rotatable bonds is 3. The second-order valence-corrected chi connectivity index (χ2v) is 4.89. The van der Waals surface area contributed by atoms with Gasteiger partial charge in [0.1, 0.15) is 11.9 Å². The normalized spacial score (nSPS) is 20.7. The number of nitrogens with zero attached hydrogens (tertiary/aromatic N) is 5. The Bertz CT molecular complexity index is 515. The van der Waals surface area contributed by atoms with Crippen molar-refractivity contribution in [1.29, 1.82) is 0 Å². The molecular weight excluding hydrogens is 228 g/mol. The summed E-state index contributed by atoms with van der Waals surface area (Å²) in [6.07, 6.45) is 5.83. The van der Waals surface area contributed by atoms with E-state index in [-0.39, 0.29) is 6.04 Å². The Hall–Kier alpha value is -1.69. The predicted molar refractivity (Wildman–Crippen MR) is 66.9 cm³/mol. The SMILES string of the molecule is CC(c1nnc2n1CC(CN)CC2)n1cccn1. The predicted octanol–water partition coefficient (Wildman–Crippen LogP) is 0.605. The van der Waals surface area contributed by atoms with Crippen molar-refractivity contribution < 1.29 is 0 Å². The van der Waals surface area contributed by atoms with Crippen LogP contribution in [0.3, 0.4) is 0 Å². The average molecular weight is 246 g/mol. The second kappa shape index (κ2) is 4.53. The minimum atomic E-state index is 0.109. The summed E-state index contributed by atoms with van der Waals surface area (Å²) in [5, 5.41) is 12.9. The van der Waals surface area contributed by atoms with Crippen LogP contribution in [0.25, 0.3) is 0 Å². The third-order valence-corrected chi connectivity index (χ3v) is 3.70. The van der Waals surface area contributed by atoms with Gasteiger partial charge in [-0.15, -0.1) is 10.2 Å². The van der Waals surface area contributed by atoms with Gasteiger partial charge in [0.15, 0.2) is 5.82 Å². The van der Waals surface area contributed by atoms with E-state index < -0.39 is 0 Å². The Kier molecular flexibility index (Phi) is 2.87. The topological polar surface area (TPSA) is 74.6 Å². The van der Waals surface area contributed by atoms with Crippen LogP contribution < -0.4 is 5.73 Å². The summed E-state index contributed by atoms with van der Waals surface area (Å²) in [5.41, 5.74) is 5.78. The van der Waals surface area contributed by atoms with Gasteiger partial charge in [0, 0.05) is 25.4 Å². The zero-order valence-electron chi connectivity index (χ0n) is 10.5. The van der Waals surface area contributed by atoms with Crippen LogP contribution in [-0.4, -0.2) is 31.1 Å². The van der Waals surface area contributed by atoms with Crippen LogP contribution in [-0.2, 0) is 13.0 Å². The first kappa shape index (κ1) is 11.4. The summed E-state index contributed by atoms with van der Waals surface area (Å²) >= 11 is 0. The van der Waals surface area contributed by atoms with E-state index in [4.69, 9.17) is 5.73 Å². The maximum atomic E-state index is 5.78. The molecule has 0 saturated heterocycles. The van der Waals surface area contributed by atoms with E-state index in [0.29, 0.717) is 5.92 Å². The molecule has 1 aliphatic heterocycles. The lowest BCUT2D eigenvalue weighted by Crippen LogP contribution is -2.28. The van der Waals surface area contributed by atoms with Crippen molar-refractivity contribution in [2.45, 2.75) is 32.4 Å². The molecule has 0 amide bonds. The third-order valence-electron chi connectivity index (χ3n) is 3.70. The standard InChI is InChI=1S/C12H18N6/c1-9(18-6-2-5-14-18)12-16-15-11-4-3-10(7-13)8-17(11)12/h2,5-6,9-10H,3-4,7-8,13H2,1H3. The van der Waals surface area contributed by atoms with Crippen LogP contribution in [0.1, 0.15) is 31.0 Å². The maximum Gasteiger partial charge on any atom is 0.157 e. The van der Waals surface area contributed by atoms with Crippen LogP contribution in [0, 0.1) is 5.92 Å². The highest BCUT2D eigenvalue weighted by atomic mass is 15.3. The molecule has 0 radical (unpaired) electrons. The van der Waals surface area contributed by atoms with Gasteiger partial charge in [0.2, 0.25) is 0 Å². The lowest BCUT2D eigenvalue weighted by Gasteiger charge is -2.24. The number of nitrogens with two attached hydrogens (primary N) is 1. The molecule has 0 bridgehead atoms. The quantitative estimate of drug-likeness (QED) is 0.860. The van der Waals surface area contributed by atoms with Crippen LogP contribution in [0.2, 0.25) is 0 Å². The highest BCUT2D eigenvalue weighted by Gasteiger charge is 2.25. The molecule has 0 spiro atoms. The molecule has 96 valence electrons. The monoisotopic (exact) mass is 246 g/mol. The highest BCUT2D eigenvalue weighted by Crippen LogP contribution is 2.23. The first-order valence-corrected chi connectivity index (χ1v) is 6.40. The van der Waals surface area contributed by atoms with Crippen LogP contribution in [0.4, 0.5) is 0 Å². The maximum absolute atomic E-state index is 5.78. The number of hydrogen-bond acceptors (Lipinski definition) is 4. The molecule has 3 rings (SSSR count). The van der Waals surface area contributed by atoms with Crippen LogP contribution in [0.5, 0.6) is 0 Å². The zero-order valence-corrected chi connectivity index (χ0v) is 10.5. The summed E-state index contributed by atoms with van der Waals surface area (Å²) in [6, 6.07) is 2.03. The summed E-state index contributed by atoms with van der Waals surface area (Å²) in [5.74, 6) is 2.60. The van der Waals surface area contributed by atoms with Crippen molar-refractivity contribution >= 4 is 0 Å². The molecular formula is C12H18N6. The van der Waals surface area contributed by atoms with E-state index in [9.17, 15) is 0 Å². The van der Waals surface area contributed by atoms with Gasteiger partial charge in [-0.05, 0) is 31.9 Å². The number of aromatic nitrogens is 5. The minimum Gasteiger partial charge on any atom is -0.330 e. The van der Waals surface area contributed by atoms with E-state index in [2.05, 4.69) is 26.8 Å². The molecule has 0 saturated carbocycles. The molecule has 18 heavy (non-hydrogen) atoms. The van der Waals surface area contributed by atoms with Gasteiger partial charge < -0.3 is 10.3 Å². The van der Waals surface area contributed by atoms with Crippen molar-refractivity contribution in [1.82, 2.24) is 24.5 Å². The fourth-order valence-electron chi connectivity index (χ4n) is 2.55. The molecule has 1 aliphatic rings. The van der Waals surface area contributed by atoms with E-state index in [1.54, 1.807) is 6.20 Å². The lowest BCUT2D eigenvalue weighted by atomic mass is 9.99. The van der Waals surface area contributed by atoms with E-state index >= 15 is 0 Å². The van der Waals surface area contributed by atoms with Gasteiger partial charge in [-0.2, -0.15) is 5.10 Å². The van der Waals surface area contributed by atoms with E-state index in [1.807, 2.05) is 16.9 Å². The average Bonchev–Trinajstić information content (AvgIpc) is 3.06. The van der Waals surface area contributed by atoms with Gasteiger partial charge in [0.05, 0.1) is 0 Å². The van der Waals surface area contributed by atoms with Gasteiger partial charge in [-0.3, -0.25) is 4.68 Å². The second-order valence-electron chi connectivity index (χ2n) is 4.89. The van der Waals surface area contributed by atoms with Crippen molar-refractivity contribution in [3.63, 3.8) is 0 Å². The van der Waals surface area contributed by atoms with Crippen LogP contribution >= 0.6 is 0 Å². The van der Waals surface area contributed by atoms with Gasteiger partial charge in [-0.1, -0.05) is 0 Å². The lowest BCUT2D eigenvalue weighted by molar-refractivity contribution is 0.356. The summed E-state index contributed by atoms with van der Waals surface area (Å²) in [4.78, 5) is 0. The minimum absolute atomic E-state index is 0.109. The molecule has 2 aromatic rings. The Morgan fingerprint density at radius 3 is 3.11 bits per heavy atom. The van der Waals surface area contributed by atoms with E-state index in [1.165, 1.54) is 0 Å². The molecule has 2 atom stereocenters. The third kappa shape index (κ3) is 1.82. The van der Waals surface area contributed by atoms with Crippen LogP contribution in [0.15, 0.2) is 18.5 Å². The number of hydrogen-bond donors (Lipinski definition) is 1. The zero-order chi connectivity index (χ0) is 12.5. The van der Waals surface area contributed by atoms with Crippen molar-refractivity contribution in [2.24, 2.45) is 11.7 Å². The molecule has 3 heterocycles. The van der Waals surface area contributed by atoms with Crippen molar-refractivity contribution in [3.8, 4) is 0 Å². The first-order chi connectivity index (χ1) is 8.79. The Balaban J connectivity index is 1.92. The smallest absolute Gasteiger partial charge is 0.157 e. The Labute approximate surface area is 106 Å². The molecule has 0 aliphatic carbocycles. The Morgan fingerprint density at radius 1 is 1.50 bits per heavy atom. The van der Waals surface area contributed by atoms with E-state index in [0.717, 1.165) is 37.6 Å². The molecule has 0 aromatic carbocycles. The fraction of sp³-hybridized carbons (Fsp3) is 0.583. The molecule has 0 fully saturated rings. The molecule has 2 aromatic heterocycles. The molecule has 2 unspecified atom stereocenters. The largest absolute Gasteiger partial charge is 0.330 e. The van der Waals surface area contributed by atoms with Gasteiger partial charge in [0.25, 0.3) is 0 Å². The first-order valence-electron chi connectivity index (χ1n) is 6.40. The van der Waals surface area contributed by atoms with Crippen molar-refractivity contribution in [2.75, 3.05) is 6.54 Å². The highest BCUT2D eigenvalue weighted by molar-refractivity contribution is 5.05. The molecule has 2 N–H and O–H groups in total. The van der Waals surface area contributed by atoms with Gasteiger partial charge >= 0.3 is 0 Å². The number of aryl methyl sites for hydroxylation is 1. The molecule has 6 nitrogen and oxygen atoms in total. The van der Waals surface area contributed by atoms with Gasteiger partial charge in [-0.25, -0.2) is 0 Å². The Morgan fingerprint density at radius 2 is 2.39 bits per heavy atom. The summed E-state index contributed by atoms with van der Waals surface area (Å²) < 4.78 is 4.12. The molecule has 6 heteroatoms. The fourth-order valence-corrected chi connectivity index (χ4v) is 2.55. The number of fused-ring (bicyclic) bond motifs is 1. The summed E-state index contributed by atoms with van der Waals surface area (Å²) in [7, 11) is 0. The van der Waals surface area contributed by atoms with Crippen molar-refractivity contribution in [3.05, 3.63) is 30.1 Å².